The summed E-state index contributed by atoms with van der Waals surface area (Å²) in [6.07, 6.45) is 1.88. The standard InChI is InChI=1S/C34H40N6O4/c1-22-10-6-9-13-29(22)40-17-16-39(21-31(40)41)34(43)37-32(23(2)26-19-35-27-12-8-7-11-25(26)27)33(42)36-28-18-24(20-38(3)4)14-15-30(28)44-5/h6-15,18-19,23,32,35H,16-17,20-21H2,1-5H3,(H,36,42)(H,37,43)/t23-,32-/m1/s1. The van der Waals surface area contributed by atoms with Gasteiger partial charge in [0.2, 0.25) is 11.8 Å². The largest absolute Gasteiger partial charge is 0.495 e. The summed E-state index contributed by atoms with van der Waals surface area (Å²) in [6.45, 7) is 5.17. The first-order valence-corrected chi connectivity index (χ1v) is 14.8. The van der Waals surface area contributed by atoms with E-state index in [-0.39, 0.29) is 18.4 Å². The molecule has 10 nitrogen and oxygen atoms in total. The summed E-state index contributed by atoms with van der Waals surface area (Å²) >= 11 is 0. The molecule has 5 rings (SSSR count). The molecule has 1 saturated heterocycles. The number of nitrogens with one attached hydrogen (secondary N) is 3. The van der Waals surface area contributed by atoms with Crippen molar-refractivity contribution in [1.29, 1.82) is 0 Å². The molecular formula is C34H40N6O4. The fraction of sp³-hybridized carbons (Fsp3) is 0.324. The van der Waals surface area contributed by atoms with Crippen LogP contribution in [0.5, 0.6) is 5.75 Å². The molecule has 2 atom stereocenters. The summed E-state index contributed by atoms with van der Waals surface area (Å²) in [5, 5.41) is 6.96. The minimum atomic E-state index is -0.951. The van der Waals surface area contributed by atoms with Crippen molar-refractivity contribution in [2.75, 3.05) is 51.1 Å². The van der Waals surface area contributed by atoms with Gasteiger partial charge in [0, 0.05) is 48.3 Å². The number of aryl methyl sites for hydroxylation is 1. The fourth-order valence-corrected chi connectivity index (χ4v) is 5.79. The van der Waals surface area contributed by atoms with Crippen LogP contribution in [-0.2, 0) is 16.1 Å². The van der Waals surface area contributed by atoms with E-state index in [2.05, 4.69) is 15.6 Å². The lowest BCUT2D eigenvalue weighted by atomic mass is 9.92. The average Bonchev–Trinajstić information content (AvgIpc) is 3.44. The molecule has 0 spiro atoms. The number of anilines is 2. The van der Waals surface area contributed by atoms with Crippen molar-refractivity contribution >= 4 is 40.1 Å². The van der Waals surface area contributed by atoms with E-state index in [1.165, 1.54) is 4.90 Å². The van der Waals surface area contributed by atoms with Crippen LogP contribution in [0, 0.1) is 6.92 Å². The quantitative estimate of drug-likeness (QED) is 0.259. The molecule has 1 aliphatic rings. The minimum absolute atomic E-state index is 0.0869. The number of piperazine rings is 1. The third-order valence-corrected chi connectivity index (χ3v) is 8.11. The molecule has 0 bridgehead atoms. The van der Waals surface area contributed by atoms with Crippen LogP contribution < -0.4 is 20.3 Å². The number of nitrogens with zero attached hydrogens (tertiary/aromatic N) is 3. The van der Waals surface area contributed by atoms with E-state index >= 15 is 0 Å². The van der Waals surface area contributed by atoms with Crippen molar-refractivity contribution in [3.8, 4) is 5.75 Å². The van der Waals surface area contributed by atoms with E-state index in [0.29, 0.717) is 31.1 Å². The number of methoxy groups -OCH3 is 1. The van der Waals surface area contributed by atoms with Gasteiger partial charge in [-0.15, -0.1) is 0 Å². The number of urea groups is 1. The Morgan fingerprint density at radius 2 is 1.80 bits per heavy atom. The summed E-state index contributed by atoms with van der Waals surface area (Å²) in [6, 6.07) is 19.8. The van der Waals surface area contributed by atoms with Crippen molar-refractivity contribution in [2.45, 2.75) is 32.4 Å². The summed E-state index contributed by atoms with van der Waals surface area (Å²) < 4.78 is 5.55. The summed E-state index contributed by atoms with van der Waals surface area (Å²) in [7, 11) is 5.50. The van der Waals surface area contributed by atoms with Gasteiger partial charge in [-0.3, -0.25) is 9.59 Å². The summed E-state index contributed by atoms with van der Waals surface area (Å²) in [5.41, 5.74) is 5.19. The number of carbonyl (C=O) groups excluding carboxylic acids is 3. The van der Waals surface area contributed by atoms with E-state index in [9.17, 15) is 14.4 Å². The molecule has 10 heteroatoms. The number of para-hydroxylation sites is 2. The molecule has 0 unspecified atom stereocenters. The second-order valence-corrected chi connectivity index (χ2v) is 11.5. The number of carbonyl (C=O) groups is 3. The molecular weight excluding hydrogens is 556 g/mol. The van der Waals surface area contributed by atoms with Crippen LogP contribution in [0.3, 0.4) is 0 Å². The van der Waals surface area contributed by atoms with Crippen LogP contribution in [0.1, 0.15) is 29.5 Å². The van der Waals surface area contributed by atoms with Crippen molar-refractivity contribution in [3.63, 3.8) is 0 Å². The van der Waals surface area contributed by atoms with E-state index < -0.39 is 18.0 Å². The number of aromatic nitrogens is 1. The second-order valence-electron chi connectivity index (χ2n) is 11.5. The molecule has 0 aliphatic carbocycles. The van der Waals surface area contributed by atoms with Crippen LogP contribution in [0.2, 0.25) is 0 Å². The van der Waals surface area contributed by atoms with Crippen molar-refractivity contribution in [1.82, 2.24) is 20.1 Å². The molecule has 1 aliphatic heterocycles. The van der Waals surface area contributed by atoms with Crippen LogP contribution in [0.15, 0.2) is 72.9 Å². The van der Waals surface area contributed by atoms with Gasteiger partial charge in [0.15, 0.2) is 0 Å². The number of ether oxygens (including phenoxy) is 1. The Kier molecular flexibility index (Phi) is 9.20. The first-order valence-electron chi connectivity index (χ1n) is 14.8. The molecule has 3 N–H and O–H groups in total. The molecule has 1 fully saturated rings. The van der Waals surface area contributed by atoms with Gasteiger partial charge in [0.25, 0.3) is 0 Å². The normalized spacial score (nSPS) is 14.9. The highest BCUT2D eigenvalue weighted by Crippen LogP contribution is 2.31. The van der Waals surface area contributed by atoms with Gasteiger partial charge in [0.1, 0.15) is 18.3 Å². The number of aromatic amines is 1. The Balaban J connectivity index is 1.40. The number of rotatable bonds is 9. The highest BCUT2D eigenvalue weighted by atomic mass is 16.5. The van der Waals surface area contributed by atoms with Crippen molar-refractivity contribution in [2.24, 2.45) is 0 Å². The van der Waals surface area contributed by atoms with E-state index in [4.69, 9.17) is 4.74 Å². The Hall–Kier alpha value is -4.83. The monoisotopic (exact) mass is 596 g/mol. The maximum atomic E-state index is 14.0. The Morgan fingerprint density at radius 1 is 1.05 bits per heavy atom. The van der Waals surface area contributed by atoms with E-state index in [1.54, 1.807) is 12.0 Å². The molecule has 4 aromatic rings. The van der Waals surface area contributed by atoms with Gasteiger partial charge < -0.3 is 35.1 Å². The third-order valence-electron chi connectivity index (χ3n) is 8.11. The van der Waals surface area contributed by atoms with E-state index in [1.807, 2.05) is 106 Å². The maximum absolute atomic E-state index is 14.0. The van der Waals surface area contributed by atoms with Crippen LogP contribution in [-0.4, -0.2) is 79.5 Å². The molecule has 4 amide bonds. The van der Waals surface area contributed by atoms with Crippen LogP contribution in [0.4, 0.5) is 16.2 Å². The molecule has 1 aromatic heterocycles. The Bertz CT molecular complexity index is 1660. The molecule has 230 valence electrons. The zero-order valence-corrected chi connectivity index (χ0v) is 25.9. The Labute approximate surface area is 258 Å². The minimum Gasteiger partial charge on any atom is -0.495 e. The third kappa shape index (κ3) is 6.55. The maximum Gasteiger partial charge on any atom is 0.318 e. The number of hydrogen-bond donors (Lipinski definition) is 3. The lowest BCUT2D eigenvalue weighted by Gasteiger charge is -2.36. The molecule has 0 radical (unpaired) electrons. The van der Waals surface area contributed by atoms with Gasteiger partial charge in [-0.2, -0.15) is 0 Å². The second kappa shape index (κ2) is 13.2. The number of hydrogen-bond acceptors (Lipinski definition) is 5. The summed E-state index contributed by atoms with van der Waals surface area (Å²) in [4.78, 5) is 49.4. The smallest absolute Gasteiger partial charge is 0.318 e. The number of benzene rings is 3. The summed E-state index contributed by atoms with van der Waals surface area (Å²) in [5.74, 6) is -0.450. The van der Waals surface area contributed by atoms with Crippen LogP contribution in [0.25, 0.3) is 10.9 Å². The van der Waals surface area contributed by atoms with Crippen LogP contribution >= 0.6 is 0 Å². The zero-order chi connectivity index (χ0) is 31.4. The topological polar surface area (TPSA) is 110 Å². The predicted molar refractivity (Wildman–Crippen MR) is 173 cm³/mol. The molecule has 2 heterocycles. The van der Waals surface area contributed by atoms with Crippen molar-refractivity contribution < 1.29 is 19.1 Å². The number of fused-ring (bicyclic) bond motifs is 1. The fourth-order valence-electron chi connectivity index (χ4n) is 5.79. The Morgan fingerprint density at radius 3 is 2.52 bits per heavy atom. The molecule has 0 saturated carbocycles. The first-order chi connectivity index (χ1) is 21.2. The van der Waals surface area contributed by atoms with Gasteiger partial charge in [0.05, 0.1) is 12.8 Å². The van der Waals surface area contributed by atoms with Gasteiger partial charge in [-0.25, -0.2) is 4.79 Å². The molecule has 3 aromatic carbocycles. The van der Waals surface area contributed by atoms with Gasteiger partial charge in [-0.05, 0) is 62.0 Å². The lowest BCUT2D eigenvalue weighted by Crippen LogP contribution is -2.58. The predicted octanol–water partition coefficient (Wildman–Crippen LogP) is 4.72. The van der Waals surface area contributed by atoms with E-state index in [0.717, 1.165) is 33.3 Å². The lowest BCUT2D eigenvalue weighted by molar-refractivity contribution is -0.120. The SMILES string of the molecule is COc1ccc(CN(C)C)cc1NC(=O)[C@H](NC(=O)N1CCN(c2ccccc2C)C(=O)C1)[C@H](C)c1c[nH]c2ccccc12. The van der Waals surface area contributed by atoms with Crippen molar-refractivity contribution in [3.05, 3.63) is 89.6 Å². The average molecular weight is 597 g/mol. The molecule has 44 heavy (non-hydrogen) atoms. The first kappa shape index (κ1) is 30.6. The highest BCUT2D eigenvalue weighted by Gasteiger charge is 2.34. The zero-order valence-electron chi connectivity index (χ0n) is 25.9. The van der Waals surface area contributed by atoms with Gasteiger partial charge in [-0.1, -0.05) is 49.4 Å². The number of H-pyrrole nitrogens is 1. The highest BCUT2D eigenvalue weighted by molar-refractivity contribution is 6.01. The van der Waals surface area contributed by atoms with Gasteiger partial charge >= 0.3 is 6.03 Å². The number of amides is 4.